The summed E-state index contributed by atoms with van der Waals surface area (Å²) >= 11 is 1.47. The molecule has 2 aliphatic rings. The van der Waals surface area contributed by atoms with Gasteiger partial charge in [-0.25, -0.2) is 4.79 Å². The molecule has 0 atom stereocenters. The summed E-state index contributed by atoms with van der Waals surface area (Å²) in [5, 5.41) is 2.80. The van der Waals surface area contributed by atoms with Gasteiger partial charge >= 0.3 is 6.09 Å². The Balaban J connectivity index is 1.58. The molecule has 0 radical (unpaired) electrons. The van der Waals surface area contributed by atoms with E-state index in [2.05, 4.69) is 5.32 Å². The Kier molecular flexibility index (Phi) is 5.70. The van der Waals surface area contributed by atoms with E-state index in [9.17, 15) is 14.4 Å². The van der Waals surface area contributed by atoms with E-state index in [1.165, 1.54) is 11.8 Å². The minimum absolute atomic E-state index is 0.0550. The maximum atomic E-state index is 12.7. The van der Waals surface area contributed by atoms with Crippen molar-refractivity contribution in [1.82, 2.24) is 9.80 Å². The zero-order chi connectivity index (χ0) is 18.7. The van der Waals surface area contributed by atoms with Crippen molar-refractivity contribution in [3.63, 3.8) is 0 Å². The number of benzene rings is 1. The molecular weight excluding hydrogens is 354 g/mol. The minimum atomic E-state index is -0.320. The van der Waals surface area contributed by atoms with Gasteiger partial charge in [0.05, 0.1) is 18.0 Å². The quantitative estimate of drug-likeness (QED) is 0.874. The summed E-state index contributed by atoms with van der Waals surface area (Å²) in [7, 11) is 0. The zero-order valence-electron chi connectivity index (χ0n) is 15.0. The molecule has 0 spiro atoms. The number of nitrogens with zero attached hydrogens (tertiary/aromatic N) is 2. The van der Waals surface area contributed by atoms with Crippen molar-refractivity contribution in [2.45, 2.75) is 18.7 Å². The van der Waals surface area contributed by atoms with Crippen LogP contribution in [0.25, 0.3) is 0 Å². The number of anilines is 1. The largest absolute Gasteiger partial charge is 0.449 e. The predicted octanol–water partition coefficient (Wildman–Crippen LogP) is 2.28. The number of piperazine rings is 1. The fraction of sp³-hybridized carbons (Fsp3) is 0.500. The Morgan fingerprint density at radius 1 is 1.19 bits per heavy atom. The molecule has 8 heteroatoms. The van der Waals surface area contributed by atoms with Crippen LogP contribution < -0.4 is 5.32 Å². The highest BCUT2D eigenvalue weighted by Crippen LogP contribution is 2.32. The van der Waals surface area contributed by atoms with Crippen LogP contribution >= 0.6 is 11.8 Å². The molecule has 2 heterocycles. The van der Waals surface area contributed by atoms with Crippen molar-refractivity contribution in [2.75, 3.05) is 43.9 Å². The van der Waals surface area contributed by atoms with Crippen LogP contribution in [0.3, 0.4) is 0 Å². The van der Waals surface area contributed by atoms with Crippen molar-refractivity contribution >= 4 is 35.4 Å². The molecule has 3 rings (SSSR count). The van der Waals surface area contributed by atoms with E-state index in [4.69, 9.17) is 4.74 Å². The number of hydrogen-bond acceptors (Lipinski definition) is 5. The summed E-state index contributed by atoms with van der Waals surface area (Å²) in [4.78, 5) is 40.6. The Hall–Kier alpha value is -2.22. The summed E-state index contributed by atoms with van der Waals surface area (Å²) < 4.78 is 5.24. The molecule has 0 saturated carbocycles. The molecule has 7 nitrogen and oxygen atoms in total. The predicted molar refractivity (Wildman–Crippen MR) is 99.5 cm³/mol. The lowest BCUT2D eigenvalue weighted by molar-refractivity contribution is -0.113. The molecule has 0 aliphatic carbocycles. The second-order valence-electron chi connectivity index (χ2n) is 6.80. The van der Waals surface area contributed by atoms with Crippen LogP contribution in [0.2, 0.25) is 0 Å². The Morgan fingerprint density at radius 2 is 1.88 bits per heavy atom. The fourth-order valence-electron chi connectivity index (χ4n) is 2.82. The molecule has 0 unspecified atom stereocenters. The maximum absolute atomic E-state index is 12.7. The topological polar surface area (TPSA) is 79.0 Å². The smallest absolute Gasteiger partial charge is 0.409 e. The average Bonchev–Trinajstić information content (AvgIpc) is 2.65. The highest BCUT2D eigenvalue weighted by molar-refractivity contribution is 8.00. The van der Waals surface area contributed by atoms with Gasteiger partial charge in [0.2, 0.25) is 5.91 Å². The lowest BCUT2D eigenvalue weighted by Crippen LogP contribution is -2.50. The van der Waals surface area contributed by atoms with E-state index in [0.29, 0.717) is 55.7 Å². The molecule has 140 valence electrons. The second-order valence-corrected chi connectivity index (χ2v) is 7.81. The van der Waals surface area contributed by atoms with Gasteiger partial charge in [-0.1, -0.05) is 13.8 Å². The third kappa shape index (κ3) is 4.30. The van der Waals surface area contributed by atoms with Gasteiger partial charge in [-0.15, -0.1) is 11.8 Å². The van der Waals surface area contributed by atoms with Gasteiger partial charge in [0.15, 0.2) is 0 Å². The van der Waals surface area contributed by atoms with E-state index < -0.39 is 0 Å². The van der Waals surface area contributed by atoms with E-state index >= 15 is 0 Å². The summed E-state index contributed by atoms with van der Waals surface area (Å²) in [6, 6.07) is 5.38. The van der Waals surface area contributed by atoms with Crippen LogP contribution in [-0.4, -0.2) is 66.2 Å². The highest BCUT2D eigenvalue weighted by atomic mass is 32.2. The Labute approximate surface area is 157 Å². The number of rotatable bonds is 3. The first-order valence-electron chi connectivity index (χ1n) is 8.71. The maximum Gasteiger partial charge on any atom is 0.409 e. The average molecular weight is 377 g/mol. The number of fused-ring (bicyclic) bond motifs is 1. The molecule has 0 bridgehead atoms. The molecule has 3 amide bonds. The number of thioether (sulfide) groups is 1. The second kappa shape index (κ2) is 7.99. The molecule has 1 fully saturated rings. The standard InChI is InChI=1S/C18H23N3O4S/c1-12(2)10-25-18(24)21-7-5-20(6-8-21)17(23)13-3-4-15-14(9-13)19-16(22)11-26-15/h3-4,9,12H,5-8,10-11H2,1-2H3,(H,19,22). The first kappa shape index (κ1) is 18.6. The number of carbonyl (C=O) groups excluding carboxylic acids is 3. The van der Waals surface area contributed by atoms with Gasteiger partial charge in [0.25, 0.3) is 5.91 Å². The third-order valence-corrected chi connectivity index (χ3v) is 5.30. The van der Waals surface area contributed by atoms with Gasteiger partial charge in [0.1, 0.15) is 0 Å². The van der Waals surface area contributed by atoms with Gasteiger partial charge in [-0.2, -0.15) is 0 Å². The van der Waals surface area contributed by atoms with Crippen molar-refractivity contribution in [3.05, 3.63) is 23.8 Å². The van der Waals surface area contributed by atoms with Crippen LogP contribution in [0, 0.1) is 5.92 Å². The summed E-state index contributed by atoms with van der Waals surface area (Å²) in [5.74, 6) is 0.549. The number of carbonyl (C=O) groups is 3. The molecule has 1 aromatic rings. The number of amides is 3. The van der Waals surface area contributed by atoms with E-state index in [-0.39, 0.29) is 17.9 Å². The minimum Gasteiger partial charge on any atom is -0.449 e. The molecule has 1 saturated heterocycles. The van der Waals surface area contributed by atoms with E-state index in [1.54, 1.807) is 21.9 Å². The zero-order valence-corrected chi connectivity index (χ0v) is 15.8. The van der Waals surface area contributed by atoms with E-state index in [0.717, 1.165) is 4.90 Å². The fourth-order valence-corrected chi connectivity index (χ4v) is 3.61. The molecule has 0 aromatic heterocycles. The first-order valence-corrected chi connectivity index (χ1v) is 9.70. The van der Waals surface area contributed by atoms with Crippen molar-refractivity contribution in [1.29, 1.82) is 0 Å². The van der Waals surface area contributed by atoms with Gasteiger partial charge in [-0.05, 0) is 24.1 Å². The van der Waals surface area contributed by atoms with Crippen molar-refractivity contribution in [2.24, 2.45) is 5.92 Å². The molecule has 26 heavy (non-hydrogen) atoms. The monoisotopic (exact) mass is 377 g/mol. The van der Waals surface area contributed by atoms with Crippen molar-refractivity contribution in [3.8, 4) is 0 Å². The number of hydrogen-bond donors (Lipinski definition) is 1. The number of nitrogens with one attached hydrogen (secondary N) is 1. The van der Waals surface area contributed by atoms with Crippen LogP contribution in [0.1, 0.15) is 24.2 Å². The Bertz CT molecular complexity index is 714. The third-order valence-electron chi connectivity index (χ3n) is 4.22. The normalized spacial score (nSPS) is 17.0. The molecule has 2 aliphatic heterocycles. The number of ether oxygens (including phenoxy) is 1. The van der Waals surface area contributed by atoms with Crippen molar-refractivity contribution < 1.29 is 19.1 Å². The van der Waals surface area contributed by atoms with Crippen LogP contribution in [0.5, 0.6) is 0 Å². The van der Waals surface area contributed by atoms with Gasteiger partial charge in [0, 0.05) is 36.6 Å². The van der Waals surface area contributed by atoms with Gasteiger partial charge in [-0.3, -0.25) is 9.59 Å². The highest BCUT2D eigenvalue weighted by Gasteiger charge is 2.26. The summed E-state index contributed by atoms with van der Waals surface area (Å²) in [5.41, 5.74) is 1.23. The van der Waals surface area contributed by atoms with Crippen LogP contribution in [0.15, 0.2) is 23.1 Å². The first-order chi connectivity index (χ1) is 12.4. The Morgan fingerprint density at radius 3 is 2.58 bits per heavy atom. The van der Waals surface area contributed by atoms with Crippen LogP contribution in [0.4, 0.5) is 10.5 Å². The molecular formula is C18H23N3O4S. The van der Waals surface area contributed by atoms with E-state index in [1.807, 2.05) is 19.9 Å². The molecule has 1 N–H and O–H groups in total. The lowest BCUT2D eigenvalue weighted by Gasteiger charge is -2.34. The molecule has 1 aromatic carbocycles. The lowest BCUT2D eigenvalue weighted by atomic mass is 10.1. The SMILES string of the molecule is CC(C)COC(=O)N1CCN(C(=O)c2ccc3c(c2)NC(=O)CS3)CC1. The summed E-state index contributed by atoms with van der Waals surface area (Å²) in [6.45, 7) is 6.23. The van der Waals surface area contributed by atoms with Crippen LogP contribution in [-0.2, 0) is 9.53 Å². The summed E-state index contributed by atoms with van der Waals surface area (Å²) in [6.07, 6.45) is -0.320. The van der Waals surface area contributed by atoms with Gasteiger partial charge < -0.3 is 19.9 Å².